The van der Waals surface area contributed by atoms with Crippen LogP contribution in [0.25, 0.3) is 0 Å². The molecule has 0 unspecified atom stereocenters. The number of nitrogens with one attached hydrogen (secondary N) is 2. The minimum atomic E-state index is -1.65. The standard InChI is InChI=1S/C14H20BClN2O5/c1-14(2,3)23-13(20)18-7-6-17-12(19)10-5-4-9(15(21)22)8-11(10)16/h4-5,8,21-22H,6-7H2,1-3H3,(H,17,19)(H,18,20). The van der Waals surface area contributed by atoms with Gasteiger partial charge < -0.3 is 25.4 Å². The van der Waals surface area contributed by atoms with E-state index in [4.69, 9.17) is 26.4 Å². The second kappa shape index (κ2) is 8.19. The molecule has 0 saturated carbocycles. The summed E-state index contributed by atoms with van der Waals surface area (Å²) in [5.41, 5.74) is -0.189. The zero-order valence-electron chi connectivity index (χ0n) is 13.2. The fourth-order valence-electron chi connectivity index (χ4n) is 1.63. The van der Waals surface area contributed by atoms with Crippen LogP contribution in [0.3, 0.4) is 0 Å². The van der Waals surface area contributed by atoms with Crippen LogP contribution in [0.15, 0.2) is 18.2 Å². The van der Waals surface area contributed by atoms with Gasteiger partial charge in [-0.15, -0.1) is 0 Å². The number of alkyl carbamates (subject to hydrolysis) is 1. The molecule has 0 radical (unpaired) electrons. The molecule has 0 aliphatic carbocycles. The average molecular weight is 343 g/mol. The molecule has 2 amide bonds. The average Bonchev–Trinajstić information content (AvgIpc) is 2.41. The molecule has 1 rings (SSSR count). The SMILES string of the molecule is CC(C)(C)OC(=O)NCCNC(=O)c1ccc(B(O)O)cc1Cl. The fraction of sp³-hybridized carbons (Fsp3) is 0.429. The molecule has 0 fully saturated rings. The molecule has 0 heterocycles. The Kier molecular flexibility index (Phi) is 6.87. The Hall–Kier alpha value is -1.77. The third-order valence-corrected chi connectivity index (χ3v) is 2.93. The lowest BCUT2D eigenvalue weighted by molar-refractivity contribution is 0.0526. The van der Waals surface area contributed by atoms with Crippen molar-refractivity contribution in [2.45, 2.75) is 26.4 Å². The van der Waals surface area contributed by atoms with E-state index in [1.807, 2.05) is 0 Å². The molecule has 0 atom stereocenters. The van der Waals surface area contributed by atoms with Crippen molar-refractivity contribution in [1.82, 2.24) is 10.6 Å². The van der Waals surface area contributed by atoms with Gasteiger partial charge >= 0.3 is 13.2 Å². The number of carbonyl (C=O) groups excluding carboxylic acids is 2. The second-order valence-electron chi connectivity index (χ2n) is 5.80. The molecule has 0 saturated heterocycles. The molecule has 7 nitrogen and oxygen atoms in total. The number of hydrogen-bond donors (Lipinski definition) is 4. The first kappa shape index (κ1) is 19.3. The van der Waals surface area contributed by atoms with Gasteiger partial charge in [-0.25, -0.2) is 4.79 Å². The van der Waals surface area contributed by atoms with E-state index in [1.54, 1.807) is 20.8 Å². The molecule has 0 spiro atoms. The highest BCUT2D eigenvalue weighted by atomic mass is 35.5. The lowest BCUT2D eigenvalue weighted by atomic mass is 9.80. The maximum atomic E-state index is 12.0. The molecule has 0 aliphatic rings. The van der Waals surface area contributed by atoms with Crippen molar-refractivity contribution in [2.24, 2.45) is 0 Å². The van der Waals surface area contributed by atoms with Gasteiger partial charge in [0.1, 0.15) is 5.60 Å². The molecular formula is C14H20BClN2O5. The highest BCUT2D eigenvalue weighted by Crippen LogP contribution is 2.13. The van der Waals surface area contributed by atoms with Crippen molar-refractivity contribution in [3.05, 3.63) is 28.8 Å². The first-order chi connectivity index (χ1) is 10.6. The molecule has 126 valence electrons. The Bertz CT molecular complexity index is 575. The number of carbonyl (C=O) groups is 2. The summed E-state index contributed by atoms with van der Waals surface area (Å²) in [6.07, 6.45) is -0.564. The summed E-state index contributed by atoms with van der Waals surface area (Å²) in [7, 11) is -1.65. The number of ether oxygens (including phenoxy) is 1. The molecule has 1 aromatic carbocycles. The van der Waals surface area contributed by atoms with Gasteiger partial charge in [0.2, 0.25) is 0 Å². The van der Waals surface area contributed by atoms with Gasteiger partial charge in [0, 0.05) is 13.1 Å². The minimum Gasteiger partial charge on any atom is -0.444 e. The van der Waals surface area contributed by atoms with Crippen LogP contribution >= 0.6 is 11.6 Å². The number of rotatable bonds is 5. The van der Waals surface area contributed by atoms with Crippen molar-refractivity contribution < 1.29 is 24.4 Å². The van der Waals surface area contributed by atoms with E-state index in [1.165, 1.54) is 18.2 Å². The first-order valence-electron chi connectivity index (χ1n) is 7.01. The Morgan fingerprint density at radius 1 is 1.22 bits per heavy atom. The van der Waals surface area contributed by atoms with E-state index in [0.717, 1.165) is 0 Å². The van der Waals surface area contributed by atoms with E-state index in [0.29, 0.717) is 0 Å². The predicted octanol–water partition coefficient (Wildman–Crippen LogP) is 0.274. The van der Waals surface area contributed by atoms with Crippen LogP contribution in [0.5, 0.6) is 0 Å². The van der Waals surface area contributed by atoms with Gasteiger partial charge in [0.05, 0.1) is 10.6 Å². The summed E-state index contributed by atoms with van der Waals surface area (Å²) in [5, 5.41) is 23.3. The first-order valence-corrected chi connectivity index (χ1v) is 7.38. The van der Waals surface area contributed by atoms with Gasteiger partial charge in [-0.2, -0.15) is 0 Å². The van der Waals surface area contributed by atoms with E-state index >= 15 is 0 Å². The third-order valence-electron chi connectivity index (χ3n) is 2.61. The molecule has 1 aromatic rings. The number of hydrogen-bond acceptors (Lipinski definition) is 5. The normalized spacial score (nSPS) is 10.9. The quantitative estimate of drug-likeness (QED) is 0.454. The van der Waals surface area contributed by atoms with Crippen LogP contribution in [0.1, 0.15) is 31.1 Å². The third kappa shape index (κ3) is 6.90. The number of benzene rings is 1. The van der Waals surface area contributed by atoms with E-state index in [-0.39, 0.29) is 29.1 Å². The van der Waals surface area contributed by atoms with Crippen LogP contribution in [0, 0.1) is 0 Å². The summed E-state index contributed by atoms with van der Waals surface area (Å²) < 4.78 is 5.05. The van der Waals surface area contributed by atoms with Crippen molar-refractivity contribution in [2.75, 3.05) is 13.1 Å². The Morgan fingerprint density at radius 2 is 1.83 bits per heavy atom. The highest BCUT2D eigenvalue weighted by Gasteiger charge is 2.17. The number of halogens is 1. The van der Waals surface area contributed by atoms with Crippen LogP contribution in [-0.4, -0.2) is 47.9 Å². The van der Waals surface area contributed by atoms with Crippen molar-refractivity contribution >= 4 is 36.2 Å². The Balaban J connectivity index is 2.44. The van der Waals surface area contributed by atoms with Gasteiger partial charge in [0.25, 0.3) is 5.91 Å². The topological polar surface area (TPSA) is 108 Å². The van der Waals surface area contributed by atoms with Crippen LogP contribution in [0.4, 0.5) is 4.79 Å². The Labute approximate surface area is 140 Å². The lowest BCUT2D eigenvalue weighted by Gasteiger charge is -2.19. The predicted molar refractivity (Wildman–Crippen MR) is 87.8 cm³/mol. The van der Waals surface area contributed by atoms with Crippen LogP contribution in [-0.2, 0) is 4.74 Å². The number of amides is 2. The summed E-state index contributed by atoms with van der Waals surface area (Å²) in [5.74, 6) is -0.431. The largest absolute Gasteiger partial charge is 0.488 e. The summed E-state index contributed by atoms with van der Waals surface area (Å²) in [4.78, 5) is 23.4. The lowest BCUT2D eigenvalue weighted by Crippen LogP contribution is -2.38. The van der Waals surface area contributed by atoms with Crippen LogP contribution in [0.2, 0.25) is 5.02 Å². The smallest absolute Gasteiger partial charge is 0.444 e. The highest BCUT2D eigenvalue weighted by molar-refractivity contribution is 6.59. The Morgan fingerprint density at radius 3 is 2.35 bits per heavy atom. The molecule has 0 bridgehead atoms. The van der Waals surface area contributed by atoms with Gasteiger partial charge in [-0.1, -0.05) is 17.7 Å². The monoisotopic (exact) mass is 342 g/mol. The van der Waals surface area contributed by atoms with Gasteiger partial charge in [-0.05, 0) is 38.4 Å². The molecule has 9 heteroatoms. The molecule has 4 N–H and O–H groups in total. The fourth-order valence-corrected chi connectivity index (χ4v) is 1.90. The second-order valence-corrected chi connectivity index (χ2v) is 6.20. The van der Waals surface area contributed by atoms with E-state index < -0.39 is 24.7 Å². The minimum absolute atomic E-state index is 0.105. The summed E-state index contributed by atoms with van der Waals surface area (Å²) in [6.45, 7) is 5.65. The van der Waals surface area contributed by atoms with Gasteiger partial charge in [0.15, 0.2) is 0 Å². The summed E-state index contributed by atoms with van der Waals surface area (Å²) in [6, 6.07) is 4.10. The zero-order valence-corrected chi connectivity index (χ0v) is 14.0. The van der Waals surface area contributed by atoms with Crippen molar-refractivity contribution in [3.63, 3.8) is 0 Å². The van der Waals surface area contributed by atoms with Crippen molar-refractivity contribution in [3.8, 4) is 0 Å². The summed E-state index contributed by atoms with van der Waals surface area (Å²) >= 11 is 5.93. The molecule has 0 aromatic heterocycles. The van der Waals surface area contributed by atoms with E-state index in [9.17, 15) is 9.59 Å². The van der Waals surface area contributed by atoms with Gasteiger partial charge in [-0.3, -0.25) is 4.79 Å². The zero-order chi connectivity index (χ0) is 17.6. The van der Waals surface area contributed by atoms with E-state index in [2.05, 4.69) is 10.6 Å². The maximum absolute atomic E-state index is 12.0. The molecule has 0 aliphatic heterocycles. The van der Waals surface area contributed by atoms with Crippen LogP contribution < -0.4 is 16.1 Å². The van der Waals surface area contributed by atoms with Crippen molar-refractivity contribution in [1.29, 1.82) is 0 Å². The molecule has 23 heavy (non-hydrogen) atoms. The maximum Gasteiger partial charge on any atom is 0.488 e. The molecular weight excluding hydrogens is 322 g/mol.